The van der Waals surface area contributed by atoms with Gasteiger partial charge >= 0.3 is 0 Å². The van der Waals surface area contributed by atoms with Crippen LogP contribution in [0.1, 0.15) is 32.4 Å². The van der Waals surface area contributed by atoms with Crippen molar-refractivity contribution in [3.8, 4) is 0 Å². The van der Waals surface area contributed by atoms with Crippen molar-refractivity contribution < 1.29 is 4.42 Å². The standard InChI is InChI=1S/C14H20N4O/c1-10-16-12(15-9-11-6-5-7-19-11)8-13(17-10)18-14(2,3)4/h5-8H,9H2,1-4H3,(H2,15,16,17,18). The van der Waals surface area contributed by atoms with E-state index in [4.69, 9.17) is 4.42 Å². The lowest BCUT2D eigenvalue weighted by atomic mass is 10.1. The van der Waals surface area contributed by atoms with Crippen molar-refractivity contribution in [3.63, 3.8) is 0 Å². The molecular formula is C14H20N4O. The fourth-order valence-corrected chi connectivity index (χ4v) is 1.70. The minimum Gasteiger partial charge on any atom is -0.467 e. The Bertz CT molecular complexity index is 529. The van der Waals surface area contributed by atoms with Crippen LogP contribution in [-0.2, 0) is 6.54 Å². The van der Waals surface area contributed by atoms with Crippen LogP contribution in [0.25, 0.3) is 0 Å². The number of hydrogen-bond acceptors (Lipinski definition) is 5. The summed E-state index contributed by atoms with van der Waals surface area (Å²) in [5.41, 5.74) is -0.0287. The van der Waals surface area contributed by atoms with Gasteiger partial charge in [0.05, 0.1) is 12.8 Å². The van der Waals surface area contributed by atoms with E-state index in [1.807, 2.05) is 25.1 Å². The number of nitrogens with zero attached hydrogens (tertiary/aromatic N) is 2. The highest BCUT2D eigenvalue weighted by molar-refractivity contribution is 5.48. The van der Waals surface area contributed by atoms with Crippen molar-refractivity contribution in [2.45, 2.75) is 39.8 Å². The number of aryl methyl sites for hydroxylation is 1. The van der Waals surface area contributed by atoms with E-state index >= 15 is 0 Å². The number of rotatable bonds is 4. The number of anilines is 2. The molecule has 0 amide bonds. The minimum absolute atomic E-state index is 0.0287. The molecule has 0 aromatic carbocycles. The van der Waals surface area contributed by atoms with E-state index in [2.05, 4.69) is 41.4 Å². The molecule has 2 heterocycles. The largest absolute Gasteiger partial charge is 0.467 e. The summed E-state index contributed by atoms with van der Waals surface area (Å²) < 4.78 is 5.27. The molecule has 0 saturated carbocycles. The average molecular weight is 260 g/mol. The molecule has 2 aromatic rings. The summed E-state index contributed by atoms with van der Waals surface area (Å²) in [5, 5.41) is 6.57. The van der Waals surface area contributed by atoms with Crippen LogP contribution in [0.3, 0.4) is 0 Å². The van der Waals surface area contributed by atoms with E-state index in [1.165, 1.54) is 0 Å². The zero-order valence-electron chi connectivity index (χ0n) is 11.8. The SMILES string of the molecule is Cc1nc(NCc2ccco2)cc(NC(C)(C)C)n1. The molecule has 0 radical (unpaired) electrons. The summed E-state index contributed by atoms with van der Waals surface area (Å²) in [5.74, 6) is 3.22. The fraction of sp³-hybridized carbons (Fsp3) is 0.429. The third-order valence-electron chi connectivity index (χ3n) is 2.36. The van der Waals surface area contributed by atoms with Gasteiger partial charge in [0, 0.05) is 11.6 Å². The monoisotopic (exact) mass is 260 g/mol. The molecule has 2 N–H and O–H groups in total. The number of furan rings is 1. The minimum atomic E-state index is -0.0287. The number of aromatic nitrogens is 2. The van der Waals surface area contributed by atoms with Crippen LogP contribution in [0.4, 0.5) is 11.6 Å². The first-order valence-corrected chi connectivity index (χ1v) is 6.32. The Morgan fingerprint density at radius 2 is 1.95 bits per heavy atom. The topological polar surface area (TPSA) is 63.0 Å². The Hall–Kier alpha value is -2.04. The predicted octanol–water partition coefficient (Wildman–Crippen LogP) is 3.20. The highest BCUT2D eigenvalue weighted by Gasteiger charge is 2.11. The van der Waals surface area contributed by atoms with Crippen molar-refractivity contribution in [3.05, 3.63) is 36.0 Å². The highest BCUT2D eigenvalue weighted by atomic mass is 16.3. The van der Waals surface area contributed by atoms with Crippen LogP contribution < -0.4 is 10.6 Å². The number of nitrogens with one attached hydrogen (secondary N) is 2. The van der Waals surface area contributed by atoms with Gasteiger partial charge in [0.2, 0.25) is 0 Å². The predicted molar refractivity (Wildman–Crippen MR) is 76.2 cm³/mol. The third-order valence-corrected chi connectivity index (χ3v) is 2.36. The Morgan fingerprint density at radius 1 is 1.21 bits per heavy atom. The van der Waals surface area contributed by atoms with Crippen LogP contribution >= 0.6 is 0 Å². The lowest BCUT2D eigenvalue weighted by Crippen LogP contribution is -2.27. The molecule has 0 spiro atoms. The molecule has 0 saturated heterocycles. The second kappa shape index (κ2) is 5.30. The summed E-state index contributed by atoms with van der Waals surface area (Å²) in [6.45, 7) is 8.78. The summed E-state index contributed by atoms with van der Waals surface area (Å²) in [7, 11) is 0. The first-order valence-electron chi connectivity index (χ1n) is 6.32. The Balaban J connectivity index is 2.08. The summed E-state index contributed by atoms with van der Waals surface area (Å²) in [4.78, 5) is 8.74. The van der Waals surface area contributed by atoms with Gasteiger partial charge in [-0.3, -0.25) is 0 Å². The molecule has 0 aliphatic carbocycles. The lowest BCUT2D eigenvalue weighted by Gasteiger charge is -2.21. The van der Waals surface area contributed by atoms with Crippen LogP contribution in [0, 0.1) is 6.92 Å². The highest BCUT2D eigenvalue weighted by Crippen LogP contribution is 2.16. The quantitative estimate of drug-likeness (QED) is 0.883. The smallest absolute Gasteiger partial charge is 0.132 e. The fourth-order valence-electron chi connectivity index (χ4n) is 1.70. The second-order valence-electron chi connectivity index (χ2n) is 5.49. The maximum atomic E-state index is 5.27. The average Bonchev–Trinajstić information content (AvgIpc) is 2.75. The molecule has 0 atom stereocenters. The van der Waals surface area contributed by atoms with Gasteiger partial charge in [-0.15, -0.1) is 0 Å². The van der Waals surface area contributed by atoms with E-state index in [0.717, 1.165) is 23.2 Å². The zero-order valence-corrected chi connectivity index (χ0v) is 11.8. The van der Waals surface area contributed by atoms with Crippen LogP contribution in [-0.4, -0.2) is 15.5 Å². The molecule has 0 bridgehead atoms. The van der Waals surface area contributed by atoms with Crippen molar-refractivity contribution in [1.29, 1.82) is 0 Å². The molecule has 5 heteroatoms. The van der Waals surface area contributed by atoms with Gasteiger partial charge in [0.25, 0.3) is 0 Å². The van der Waals surface area contributed by atoms with E-state index in [9.17, 15) is 0 Å². The van der Waals surface area contributed by atoms with Crippen molar-refractivity contribution in [1.82, 2.24) is 9.97 Å². The van der Waals surface area contributed by atoms with Gasteiger partial charge in [-0.1, -0.05) is 0 Å². The molecule has 0 aliphatic heterocycles. The Kier molecular flexibility index (Phi) is 3.74. The van der Waals surface area contributed by atoms with Gasteiger partial charge in [-0.25, -0.2) is 9.97 Å². The van der Waals surface area contributed by atoms with Crippen molar-refractivity contribution in [2.24, 2.45) is 0 Å². The van der Waals surface area contributed by atoms with Crippen LogP contribution in [0.15, 0.2) is 28.9 Å². The van der Waals surface area contributed by atoms with Gasteiger partial charge in [-0.05, 0) is 39.8 Å². The third kappa shape index (κ3) is 4.28. The Labute approximate surface area is 113 Å². The normalized spacial score (nSPS) is 11.4. The van der Waals surface area contributed by atoms with Gasteiger partial charge < -0.3 is 15.1 Å². The Morgan fingerprint density at radius 3 is 2.58 bits per heavy atom. The van der Waals surface area contributed by atoms with Gasteiger partial charge in [0.15, 0.2) is 0 Å². The molecule has 0 fully saturated rings. The van der Waals surface area contributed by atoms with E-state index in [-0.39, 0.29) is 5.54 Å². The van der Waals surface area contributed by atoms with E-state index < -0.39 is 0 Å². The van der Waals surface area contributed by atoms with Gasteiger partial charge in [-0.2, -0.15) is 0 Å². The van der Waals surface area contributed by atoms with E-state index in [0.29, 0.717) is 6.54 Å². The lowest BCUT2D eigenvalue weighted by molar-refractivity contribution is 0.517. The summed E-state index contributed by atoms with van der Waals surface area (Å²) in [6, 6.07) is 5.70. The molecule has 0 aliphatic rings. The summed E-state index contributed by atoms with van der Waals surface area (Å²) in [6.07, 6.45) is 1.66. The first kappa shape index (κ1) is 13.4. The maximum absolute atomic E-state index is 5.27. The zero-order chi connectivity index (χ0) is 13.9. The maximum Gasteiger partial charge on any atom is 0.132 e. The number of hydrogen-bond donors (Lipinski definition) is 2. The summed E-state index contributed by atoms with van der Waals surface area (Å²) >= 11 is 0. The van der Waals surface area contributed by atoms with Gasteiger partial charge in [0.1, 0.15) is 23.2 Å². The first-order chi connectivity index (χ1) is 8.92. The van der Waals surface area contributed by atoms with Crippen LogP contribution in [0.2, 0.25) is 0 Å². The molecule has 102 valence electrons. The molecule has 2 aromatic heterocycles. The molecule has 0 unspecified atom stereocenters. The molecular weight excluding hydrogens is 240 g/mol. The van der Waals surface area contributed by atoms with Crippen LogP contribution in [0.5, 0.6) is 0 Å². The molecule has 19 heavy (non-hydrogen) atoms. The molecule has 5 nitrogen and oxygen atoms in total. The second-order valence-corrected chi connectivity index (χ2v) is 5.49. The molecule has 2 rings (SSSR count). The van der Waals surface area contributed by atoms with Crippen molar-refractivity contribution >= 4 is 11.6 Å². The van der Waals surface area contributed by atoms with E-state index in [1.54, 1.807) is 6.26 Å². The van der Waals surface area contributed by atoms with Crippen molar-refractivity contribution in [2.75, 3.05) is 10.6 Å².